The van der Waals surface area contributed by atoms with Gasteiger partial charge in [0.25, 0.3) is 0 Å². The minimum absolute atomic E-state index is 0.425. The summed E-state index contributed by atoms with van der Waals surface area (Å²) in [6, 6.07) is 13.8. The second-order valence-corrected chi connectivity index (χ2v) is 4.51. The van der Waals surface area contributed by atoms with Gasteiger partial charge in [0, 0.05) is 12.2 Å². The number of benzene rings is 2. The van der Waals surface area contributed by atoms with Crippen LogP contribution in [0.1, 0.15) is 11.1 Å². The fraction of sp³-hybridized carbons (Fsp3) is 0.133. The second-order valence-electron chi connectivity index (χ2n) is 4.51. The number of nitrogens with one attached hydrogen (secondary N) is 2. The Labute approximate surface area is 110 Å². The maximum absolute atomic E-state index is 11.1. The standard InChI is InChI=1S/C15H14N2O2/c1-10-4-2-3-5-11(10)9-16-12-6-7-14-13(8-12)17-15(18)19-14/h2-8,16H,9H2,1H3,(H,17,18). The van der Waals surface area contributed by atoms with Crippen LogP contribution in [0.15, 0.2) is 51.7 Å². The van der Waals surface area contributed by atoms with Crippen molar-refractivity contribution in [1.82, 2.24) is 4.98 Å². The molecule has 0 fully saturated rings. The van der Waals surface area contributed by atoms with E-state index in [-0.39, 0.29) is 0 Å². The molecule has 0 aliphatic heterocycles. The maximum Gasteiger partial charge on any atom is 0.417 e. The largest absolute Gasteiger partial charge is 0.417 e. The van der Waals surface area contributed by atoms with Gasteiger partial charge in [-0.15, -0.1) is 0 Å². The van der Waals surface area contributed by atoms with Gasteiger partial charge >= 0.3 is 5.76 Å². The van der Waals surface area contributed by atoms with Crippen molar-refractivity contribution >= 4 is 16.8 Å². The number of aromatic nitrogens is 1. The van der Waals surface area contributed by atoms with Gasteiger partial charge in [0.1, 0.15) is 0 Å². The van der Waals surface area contributed by atoms with E-state index in [0.29, 0.717) is 11.1 Å². The molecule has 0 unspecified atom stereocenters. The molecule has 0 saturated heterocycles. The maximum atomic E-state index is 11.1. The highest BCUT2D eigenvalue weighted by Crippen LogP contribution is 2.17. The Morgan fingerprint density at radius 2 is 2.05 bits per heavy atom. The molecule has 1 heterocycles. The van der Waals surface area contributed by atoms with Gasteiger partial charge in [0.15, 0.2) is 5.58 Å². The van der Waals surface area contributed by atoms with E-state index >= 15 is 0 Å². The molecule has 2 N–H and O–H groups in total. The summed E-state index contributed by atoms with van der Waals surface area (Å²) in [6.07, 6.45) is 0. The highest BCUT2D eigenvalue weighted by atomic mass is 16.4. The van der Waals surface area contributed by atoms with Crippen molar-refractivity contribution in [2.75, 3.05) is 5.32 Å². The van der Waals surface area contributed by atoms with Crippen molar-refractivity contribution in [2.45, 2.75) is 13.5 Å². The number of hydrogen-bond acceptors (Lipinski definition) is 3. The van der Waals surface area contributed by atoms with Crippen LogP contribution in [0.4, 0.5) is 5.69 Å². The Kier molecular flexibility index (Phi) is 2.83. The molecule has 2 aromatic carbocycles. The lowest BCUT2D eigenvalue weighted by molar-refractivity contribution is 0.555. The Hall–Kier alpha value is -2.49. The number of aromatic amines is 1. The molecule has 0 bridgehead atoms. The van der Waals surface area contributed by atoms with E-state index in [9.17, 15) is 4.79 Å². The van der Waals surface area contributed by atoms with Crippen LogP contribution in [0.2, 0.25) is 0 Å². The Morgan fingerprint density at radius 1 is 1.21 bits per heavy atom. The zero-order valence-electron chi connectivity index (χ0n) is 10.6. The van der Waals surface area contributed by atoms with Crippen LogP contribution in [0.3, 0.4) is 0 Å². The van der Waals surface area contributed by atoms with Gasteiger partial charge in [-0.2, -0.15) is 0 Å². The summed E-state index contributed by atoms with van der Waals surface area (Å²) in [6.45, 7) is 2.84. The lowest BCUT2D eigenvalue weighted by Crippen LogP contribution is -2.00. The van der Waals surface area contributed by atoms with E-state index in [1.807, 2.05) is 24.3 Å². The molecule has 4 heteroatoms. The highest BCUT2D eigenvalue weighted by Gasteiger charge is 2.02. The van der Waals surface area contributed by atoms with Gasteiger partial charge in [-0.25, -0.2) is 4.79 Å². The molecule has 3 rings (SSSR count). The normalized spacial score (nSPS) is 10.8. The molecule has 0 amide bonds. The van der Waals surface area contributed by atoms with Crippen molar-refractivity contribution in [3.05, 3.63) is 64.1 Å². The fourth-order valence-corrected chi connectivity index (χ4v) is 2.07. The van der Waals surface area contributed by atoms with E-state index in [4.69, 9.17) is 4.42 Å². The third kappa shape index (κ3) is 2.38. The summed E-state index contributed by atoms with van der Waals surface area (Å²) in [5, 5.41) is 3.34. The minimum atomic E-state index is -0.425. The second kappa shape index (κ2) is 4.65. The van der Waals surface area contributed by atoms with E-state index in [0.717, 1.165) is 12.2 Å². The molecular formula is C15H14N2O2. The first-order chi connectivity index (χ1) is 9.22. The molecule has 96 valence electrons. The van der Waals surface area contributed by atoms with Crippen LogP contribution in [0.5, 0.6) is 0 Å². The van der Waals surface area contributed by atoms with E-state index < -0.39 is 5.76 Å². The van der Waals surface area contributed by atoms with Crippen LogP contribution in [0.25, 0.3) is 11.1 Å². The topological polar surface area (TPSA) is 58.0 Å². The zero-order valence-corrected chi connectivity index (χ0v) is 10.6. The number of aryl methyl sites for hydroxylation is 1. The number of hydrogen-bond donors (Lipinski definition) is 2. The molecule has 1 aromatic heterocycles. The third-order valence-corrected chi connectivity index (χ3v) is 3.16. The van der Waals surface area contributed by atoms with Gasteiger partial charge < -0.3 is 9.73 Å². The van der Waals surface area contributed by atoms with Crippen molar-refractivity contribution in [3.63, 3.8) is 0 Å². The zero-order chi connectivity index (χ0) is 13.2. The molecule has 19 heavy (non-hydrogen) atoms. The summed E-state index contributed by atoms with van der Waals surface area (Å²) in [4.78, 5) is 13.7. The lowest BCUT2D eigenvalue weighted by Gasteiger charge is -2.08. The molecule has 3 aromatic rings. The van der Waals surface area contributed by atoms with Crippen molar-refractivity contribution in [3.8, 4) is 0 Å². The summed E-state index contributed by atoms with van der Waals surface area (Å²) in [5.74, 6) is -0.425. The Morgan fingerprint density at radius 3 is 2.89 bits per heavy atom. The Balaban J connectivity index is 1.82. The monoisotopic (exact) mass is 254 g/mol. The summed E-state index contributed by atoms with van der Waals surface area (Å²) >= 11 is 0. The van der Waals surface area contributed by atoms with Crippen LogP contribution in [-0.2, 0) is 6.54 Å². The van der Waals surface area contributed by atoms with Crippen LogP contribution >= 0.6 is 0 Å². The predicted molar refractivity (Wildman–Crippen MR) is 75.3 cm³/mol. The van der Waals surface area contributed by atoms with Gasteiger partial charge in [0.2, 0.25) is 0 Å². The summed E-state index contributed by atoms with van der Waals surface area (Å²) < 4.78 is 4.97. The molecule has 0 aliphatic carbocycles. The fourth-order valence-electron chi connectivity index (χ4n) is 2.07. The Bertz CT molecular complexity index is 771. The molecule has 4 nitrogen and oxygen atoms in total. The van der Waals surface area contributed by atoms with Gasteiger partial charge in [-0.05, 0) is 36.2 Å². The molecule has 0 aliphatic rings. The lowest BCUT2D eigenvalue weighted by atomic mass is 10.1. The van der Waals surface area contributed by atoms with Gasteiger partial charge in [-0.3, -0.25) is 4.98 Å². The number of anilines is 1. The third-order valence-electron chi connectivity index (χ3n) is 3.16. The van der Waals surface area contributed by atoms with Crippen molar-refractivity contribution < 1.29 is 4.42 Å². The molecular weight excluding hydrogens is 240 g/mol. The average Bonchev–Trinajstić information content (AvgIpc) is 2.77. The number of H-pyrrole nitrogens is 1. The highest BCUT2D eigenvalue weighted by molar-refractivity contribution is 5.76. The van der Waals surface area contributed by atoms with E-state index in [1.165, 1.54) is 11.1 Å². The SMILES string of the molecule is Cc1ccccc1CNc1ccc2oc(=O)[nH]c2c1. The molecule has 0 atom stereocenters. The van der Waals surface area contributed by atoms with E-state index in [1.54, 1.807) is 6.07 Å². The summed E-state index contributed by atoms with van der Waals surface area (Å²) in [7, 11) is 0. The first kappa shape index (κ1) is 11.6. The first-order valence-electron chi connectivity index (χ1n) is 6.13. The van der Waals surface area contributed by atoms with Crippen LogP contribution in [0, 0.1) is 6.92 Å². The van der Waals surface area contributed by atoms with Crippen LogP contribution < -0.4 is 11.1 Å². The predicted octanol–water partition coefficient (Wildman–Crippen LogP) is 3.04. The number of oxazole rings is 1. The molecule has 0 spiro atoms. The molecule has 0 radical (unpaired) electrons. The van der Waals surface area contributed by atoms with E-state index in [2.05, 4.69) is 29.4 Å². The van der Waals surface area contributed by atoms with Gasteiger partial charge in [0.05, 0.1) is 5.52 Å². The number of rotatable bonds is 3. The first-order valence-corrected chi connectivity index (χ1v) is 6.13. The molecule has 0 saturated carbocycles. The smallest absolute Gasteiger partial charge is 0.408 e. The minimum Gasteiger partial charge on any atom is -0.408 e. The summed E-state index contributed by atoms with van der Waals surface area (Å²) in [5.41, 5.74) is 4.75. The van der Waals surface area contributed by atoms with Crippen LogP contribution in [-0.4, -0.2) is 4.98 Å². The van der Waals surface area contributed by atoms with Crippen molar-refractivity contribution in [2.24, 2.45) is 0 Å². The van der Waals surface area contributed by atoms with Gasteiger partial charge in [-0.1, -0.05) is 24.3 Å². The number of fused-ring (bicyclic) bond motifs is 1. The van der Waals surface area contributed by atoms with Crippen molar-refractivity contribution in [1.29, 1.82) is 0 Å². The quantitative estimate of drug-likeness (QED) is 0.755. The average molecular weight is 254 g/mol.